The number of nitrogens with two attached hydrogens (primary N) is 2. The summed E-state index contributed by atoms with van der Waals surface area (Å²) >= 11 is 6.05. The van der Waals surface area contributed by atoms with Crippen LogP contribution in [0.2, 0.25) is 5.02 Å². The van der Waals surface area contributed by atoms with Crippen LogP contribution in [0.25, 0.3) is 11.0 Å². The summed E-state index contributed by atoms with van der Waals surface area (Å²) < 4.78 is 1.76. The Balaban J connectivity index is 2.55. The number of rotatable bonds is 3. The molecule has 96 valence electrons. The van der Waals surface area contributed by atoms with E-state index < -0.39 is 5.41 Å². The predicted molar refractivity (Wildman–Crippen MR) is 72.1 cm³/mol. The number of carbonyl (C=O) groups is 1. The normalized spacial score (nSPS) is 11.9. The molecule has 1 aromatic heterocycles. The molecule has 0 spiro atoms. The molecule has 0 bridgehead atoms. The summed E-state index contributed by atoms with van der Waals surface area (Å²) in [5.74, 6) is -0.0572. The van der Waals surface area contributed by atoms with Crippen LogP contribution in [0.3, 0.4) is 0 Å². The van der Waals surface area contributed by atoms with E-state index in [2.05, 4.69) is 4.98 Å². The largest absolute Gasteiger partial charge is 0.369 e. The predicted octanol–water partition coefficient (Wildman–Crippen LogP) is 1.78. The number of hydrogen-bond acceptors (Lipinski definition) is 3. The van der Waals surface area contributed by atoms with Crippen molar-refractivity contribution in [1.29, 1.82) is 0 Å². The first-order valence-electron chi connectivity index (χ1n) is 5.53. The van der Waals surface area contributed by atoms with Crippen molar-refractivity contribution in [3.8, 4) is 0 Å². The zero-order valence-corrected chi connectivity index (χ0v) is 11.0. The standard InChI is InChI=1S/C12H15ClN4O/c1-12(2,10(14)18)6-17-8-5-3-4-7(13)9(8)16-11(17)15/h3-5H,6H2,1-2H3,(H2,14,18)(H2,15,16). The van der Waals surface area contributed by atoms with Crippen molar-refractivity contribution in [3.05, 3.63) is 23.2 Å². The van der Waals surface area contributed by atoms with Gasteiger partial charge in [-0.3, -0.25) is 4.79 Å². The lowest BCUT2D eigenvalue weighted by molar-refractivity contribution is -0.126. The van der Waals surface area contributed by atoms with Crippen LogP contribution in [0.4, 0.5) is 5.95 Å². The molecule has 2 aromatic rings. The van der Waals surface area contributed by atoms with Crippen molar-refractivity contribution in [1.82, 2.24) is 9.55 Å². The summed E-state index contributed by atoms with van der Waals surface area (Å²) in [6.07, 6.45) is 0. The lowest BCUT2D eigenvalue weighted by Gasteiger charge is -2.21. The number of carbonyl (C=O) groups excluding carboxylic acids is 1. The Morgan fingerprint density at radius 3 is 2.78 bits per heavy atom. The van der Waals surface area contributed by atoms with Gasteiger partial charge in [-0.15, -0.1) is 0 Å². The van der Waals surface area contributed by atoms with Crippen molar-refractivity contribution in [2.75, 3.05) is 5.73 Å². The second-order valence-corrected chi connectivity index (χ2v) is 5.32. The highest BCUT2D eigenvalue weighted by atomic mass is 35.5. The zero-order chi connectivity index (χ0) is 13.5. The number of hydrogen-bond donors (Lipinski definition) is 2. The Labute approximate surface area is 110 Å². The number of nitrogens with zero attached hydrogens (tertiary/aromatic N) is 2. The third-order valence-corrected chi connectivity index (χ3v) is 3.28. The molecular formula is C12H15ClN4O. The third-order valence-electron chi connectivity index (χ3n) is 2.98. The Hall–Kier alpha value is -1.75. The van der Waals surface area contributed by atoms with E-state index in [1.165, 1.54) is 0 Å². The Kier molecular flexibility index (Phi) is 2.94. The van der Waals surface area contributed by atoms with E-state index in [0.29, 0.717) is 23.0 Å². The molecular weight excluding hydrogens is 252 g/mol. The smallest absolute Gasteiger partial charge is 0.224 e. The molecule has 4 N–H and O–H groups in total. The van der Waals surface area contributed by atoms with Gasteiger partial charge in [0.25, 0.3) is 0 Å². The number of fused-ring (bicyclic) bond motifs is 1. The van der Waals surface area contributed by atoms with Crippen molar-refractivity contribution in [2.45, 2.75) is 20.4 Å². The molecule has 0 saturated heterocycles. The highest BCUT2D eigenvalue weighted by Crippen LogP contribution is 2.28. The van der Waals surface area contributed by atoms with Gasteiger partial charge in [-0.1, -0.05) is 17.7 Å². The minimum atomic E-state index is -0.704. The third kappa shape index (κ3) is 2.01. The number of halogens is 1. The number of primary amides is 1. The number of para-hydroxylation sites is 1. The fourth-order valence-corrected chi connectivity index (χ4v) is 1.98. The molecule has 6 heteroatoms. The van der Waals surface area contributed by atoms with Crippen LogP contribution in [-0.4, -0.2) is 15.5 Å². The topological polar surface area (TPSA) is 86.9 Å². The van der Waals surface area contributed by atoms with Crippen molar-refractivity contribution < 1.29 is 4.79 Å². The van der Waals surface area contributed by atoms with Gasteiger partial charge >= 0.3 is 0 Å². The van der Waals surface area contributed by atoms with Gasteiger partial charge < -0.3 is 16.0 Å². The van der Waals surface area contributed by atoms with Crippen molar-refractivity contribution in [2.24, 2.45) is 11.1 Å². The van der Waals surface area contributed by atoms with Gasteiger partial charge in [0.1, 0.15) is 5.52 Å². The first-order valence-corrected chi connectivity index (χ1v) is 5.91. The summed E-state index contributed by atoms with van der Waals surface area (Å²) in [5, 5.41) is 0.537. The molecule has 2 rings (SSSR count). The van der Waals surface area contributed by atoms with E-state index in [9.17, 15) is 4.79 Å². The van der Waals surface area contributed by atoms with Crippen molar-refractivity contribution in [3.63, 3.8) is 0 Å². The minimum absolute atomic E-state index is 0.326. The maximum absolute atomic E-state index is 11.4. The average molecular weight is 267 g/mol. The summed E-state index contributed by atoms with van der Waals surface area (Å²) in [5.41, 5.74) is 12.0. The zero-order valence-electron chi connectivity index (χ0n) is 10.3. The maximum atomic E-state index is 11.4. The van der Waals surface area contributed by atoms with Crippen LogP contribution in [-0.2, 0) is 11.3 Å². The minimum Gasteiger partial charge on any atom is -0.369 e. The highest BCUT2D eigenvalue weighted by molar-refractivity contribution is 6.35. The van der Waals surface area contributed by atoms with Gasteiger partial charge in [0.2, 0.25) is 11.9 Å². The Morgan fingerprint density at radius 1 is 1.50 bits per heavy atom. The van der Waals surface area contributed by atoms with E-state index in [1.54, 1.807) is 24.5 Å². The molecule has 0 aliphatic heterocycles. The van der Waals surface area contributed by atoms with Crippen LogP contribution in [0, 0.1) is 5.41 Å². The SMILES string of the molecule is CC(C)(Cn1c(N)nc2c(Cl)cccc21)C(N)=O. The van der Waals surface area contributed by atoms with E-state index >= 15 is 0 Å². The van der Waals surface area contributed by atoms with E-state index in [4.69, 9.17) is 23.1 Å². The fourth-order valence-electron chi connectivity index (χ4n) is 1.77. The van der Waals surface area contributed by atoms with Crippen LogP contribution >= 0.6 is 11.6 Å². The van der Waals surface area contributed by atoms with Crippen LogP contribution < -0.4 is 11.5 Å². The number of aromatic nitrogens is 2. The van der Waals surface area contributed by atoms with Gasteiger partial charge in [0, 0.05) is 6.54 Å². The molecule has 1 heterocycles. The molecule has 1 amide bonds. The molecule has 0 aliphatic carbocycles. The summed E-state index contributed by atoms with van der Waals surface area (Å²) in [6.45, 7) is 3.90. The van der Waals surface area contributed by atoms with Gasteiger partial charge in [-0.2, -0.15) is 0 Å². The van der Waals surface area contributed by atoms with E-state index in [1.807, 2.05) is 12.1 Å². The maximum Gasteiger partial charge on any atom is 0.224 e. The van der Waals surface area contributed by atoms with Crippen molar-refractivity contribution >= 4 is 34.5 Å². The molecule has 18 heavy (non-hydrogen) atoms. The van der Waals surface area contributed by atoms with E-state index in [0.717, 1.165) is 5.52 Å². The highest BCUT2D eigenvalue weighted by Gasteiger charge is 2.27. The second kappa shape index (κ2) is 4.17. The molecule has 0 radical (unpaired) electrons. The number of benzene rings is 1. The molecule has 0 saturated carbocycles. The van der Waals surface area contributed by atoms with Crippen LogP contribution in [0.5, 0.6) is 0 Å². The summed E-state index contributed by atoms with van der Waals surface area (Å²) in [7, 11) is 0. The average Bonchev–Trinajstić information content (AvgIpc) is 2.57. The van der Waals surface area contributed by atoms with Gasteiger partial charge in [-0.05, 0) is 26.0 Å². The molecule has 5 nitrogen and oxygen atoms in total. The summed E-state index contributed by atoms with van der Waals surface area (Å²) in [6, 6.07) is 5.43. The lowest BCUT2D eigenvalue weighted by atomic mass is 9.92. The van der Waals surface area contributed by atoms with Crippen LogP contribution in [0.1, 0.15) is 13.8 Å². The molecule has 0 aliphatic rings. The summed E-state index contributed by atoms with van der Waals surface area (Å²) in [4.78, 5) is 15.6. The number of imidazole rings is 1. The monoisotopic (exact) mass is 266 g/mol. The number of amides is 1. The Morgan fingerprint density at radius 2 is 2.17 bits per heavy atom. The fraction of sp³-hybridized carbons (Fsp3) is 0.333. The Bertz CT molecular complexity index is 618. The van der Waals surface area contributed by atoms with Gasteiger partial charge in [-0.25, -0.2) is 4.98 Å². The van der Waals surface area contributed by atoms with Gasteiger partial charge in [0.05, 0.1) is 16.0 Å². The first-order chi connectivity index (χ1) is 8.33. The second-order valence-electron chi connectivity index (χ2n) is 4.91. The molecule has 0 fully saturated rings. The molecule has 1 aromatic carbocycles. The lowest BCUT2D eigenvalue weighted by Crippen LogP contribution is -2.35. The number of anilines is 1. The molecule has 0 atom stereocenters. The quantitative estimate of drug-likeness (QED) is 0.888. The van der Waals surface area contributed by atoms with Crippen LogP contribution in [0.15, 0.2) is 18.2 Å². The molecule has 0 unspecified atom stereocenters. The number of nitrogen functional groups attached to an aromatic ring is 1. The van der Waals surface area contributed by atoms with E-state index in [-0.39, 0.29) is 5.91 Å². The first kappa shape index (κ1) is 12.7. The van der Waals surface area contributed by atoms with Gasteiger partial charge in [0.15, 0.2) is 0 Å².